The molecule has 0 aliphatic heterocycles. The van der Waals surface area contributed by atoms with E-state index in [-0.39, 0.29) is 105 Å². The van der Waals surface area contributed by atoms with Crippen molar-refractivity contribution in [2.75, 3.05) is 0 Å². The molecule has 0 radical (unpaired) electrons. The van der Waals surface area contributed by atoms with Crippen molar-refractivity contribution in [1.29, 1.82) is 0 Å². The van der Waals surface area contributed by atoms with E-state index in [1.165, 1.54) is 72.8 Å². The third-order valence-corrected chi connectivity index (χ3v) is 9.54. The molecule has 6 aromatic rings. The topological polar surface area (TPSA) is 291 Å². The number of phenols is 2. The van der Waals surface area contributed by atoms with E-state index in [9.17, 15) is 56.4 Å². The first-order chi connectivity index (χ1) is 25.4. The minimum Gasteiger partial charge on any atom is -0.744 e. The van der Waals surface area contributed by atoms with Crippen LogP contribution in [0.4, 0.5) is 34.1 Å². The van der Waals surface area contributed by atoms with Gasteiger partial charge in [-0.05, 0) is 60.0 Å². The molecule has 0 unspecified atom stereocenters. The summed E-state index contributed by atoms with van der Waals surface area (Å²) in [4.78, 5) is 19.6. The molecule has 0 amide bonds. The molecule has 0 heterocycles. The molecule has 0 bridgehead atoms. The molecular formula is C34H24BaN6O12S2. The van der Waals surface area contributed by atoms with Crippen molar-refractivity contribution in [2.24, 2.45) is 20.5 Å². The molecule has 55 heavy (non-hydrogen) atoms. The van der Waals surface area contributed by atoms with Crippen molar-refractivity contribution in [1.82, 2.24) is 0 Å². The summed E-state index contributed by atoms with van der Waals surface area (Å²) in [6.45, 7) is 3.32. The number of aromatic hydroxyl groups is 2. The molecule has 0 saturated carbocycles. The Morgan fingerprint density at radius 1 is 0.545 bits per heavy atom. The van der Waals surface area contributed by atoms with E-state index in [0.717, 1.165) is 12.1 Å². The Labute approximate surface area is 351 Å². The number of nitro groups is 2. The Balaban J connectivity index is 0.000000240. The van der Waals surface area contributed by atoms with Gasteiger partial charge in [0.2, 0.25) is 0 Å². The summed E-state index contributed by atoms with van der Waals surface area (Å²) in [5, 5.41) is 58.3. The fourth-order valence-corrected chi connectivity index (χ4v) is 6.52. The number of aryl methyl sites for hydroxylation is 2. The zero-order valence-electron chi connectivity index (χ0n) is 28.4. The molecule has 0 aliphatic carbocycles. The van der Waals surface area contributed by atoms with Crippen LogP contribution in [0.2, 0.25) is 0 Å². The van der Waals surface area contributed by atoms with Crippen LogP contribution >= 0.6 is 0 Å². The molecule has 21 heteroatoms. The van der Waals surface area contributed by atoms with E-state index in [2.05, 4.69) is 20.5 Å². The first-order valence-corrected chi connectivity index (χ1v) is 17.9. The summed E-state index contributed by atoms with van der Waals surface area (Å²) in [6.07, 6.45) is 0. The standard InChI is InChI=1S/2C17H13N3O6S.Ba/c2*1-10-5-7-12(20(22)23)9-13(10)18-19-17-14(21)8-6-11-3-2-4-15(16(11)17)27(24,25)26;/h2*2-9,21H,1H3,(H,24,25,26);/q;;+2/p-2. The van der Waals surface area contributed by atoms with Gasteiger partial charge in [0.25, 0.3) is 11.4 Å². The second-order valence-electron chi connectivity index (χ2n) is 11.3. The average Bonchev–Trinajstić information content (AvgIpc) is 3.10. The van der Waals surface area contributed by atoms with Gasteiger partial charge < -0.3 is 19.3 Å². The predicted molar refractivity (Wildman–Crippen MR) is 197 cm³/mol. The largest absolute Gasteiger partial charge is 2.00 e. The second kappa shape index (κ2) is 17.1. The number of hydrogen-bond acceptors (Lipinski definition) is 16. The Kier molecular flexibility index (Phi) is 13.2. The number of nitrogens with zero attached hydrogens (tertiary/aromatic N) is 6. The number of azo groups is 2. The third kappa shape index (κ3) is 9.75. The number of fused-ring (bicyclic) bond motifs is 2. The Morgan fingerprint density at radius 3 is 1.24 bits per heavy atom. The van der Waals surface area contributed by atoms with Gasteiger partial charge >= 0.3 is 48.9 Å². The van der Waals surface area contributed by atoms with Gasteiger partial charge in [0.05, 0.1) is 31.0 Å². The van der Waals surface area contributed by atoms with Crippen LogP contribution in [0.3, 0.4) is 0 Å². The normalized spacial score (nSPS) is 11.7. The maximum absolute atomic E-state index is 11.6. The maximum atomic E-state index is 11.6. The zero-order chi connectivity index (χ0) is 39.5. The van der Waals surface area contributed by atoms with Crippen LogP contribution in [-0.4, -0.2) is 94.9 Å². The number of hydrogen-bond donors (Lipinski definition) is 2. The molecular weight excluding hydrogens is 886 g/mol. The van der Waals surface area contributed by atoms with E-state index in [0.29, 0.717) is 21.9 Å². The van der Waals surface area contributed by atoms with Crippen molar-refractivity contribution in [3.05, 3.63) is 128 Å². The molecule has 2 N–H and O–H groups in total. The fourth-order valence-electron chi connectivity index (χ4n) is 5.10. The smallest absolute Gasteiger partial charge is 0.744 e. The Hall–Kier alpha value is -5.17. The quantitative estimate of drug-likeness (QED) is 0.0486. The minimum atomic E-state index is -4.83. The average molecular weight is 910 g/mol. The molecule has 0 aromatic heterocycles. The zero-order valence-corrected chi connectivity index (χ0v) is 34.5. The summed E-state index contributed by atoms with van der Waals surface area (Å²) < 4.78 is 69.4. The molecule has 6 rings (SSSR count). The molecule has 6 aromatic carbocycles. The second-order valence-corrected chi connectivity index (χ2v) is 14.0. The minimum absolute atomic E-state index is 0. The monoisotopic (exact) mass is 910 g/mol. The van der Waals surface area contributed by atoms with Crippen LogP contribution in [-0.2, 0) is 20.2 Å². The van der Waals surface area contributed by atoms with Crippen molar-refractivity contribution >= 4 is 125 Å². The number of rotatable bonds is 8. The van der Waals surface area contributed by atoms with Crippen molar-refractivity contribution in [2.45, 2.75) is 23.6 Å². The van der Waals surface area contributed by atoms with E-state index >= 15 is 0 Å². The summed E-state index contributed by atoms with van der Waals surface area (Å²) in [7, 11) is -9.66. The van der Waals surface area contributed by atoms with Crippen molar-refractivity contribution in [3.63, 3.8) is 0 Å². The Bertz CT molecular complexity index is 2610. The van der Waals surface area contributed by atoms with Gasteiger partial charge in [0, 0.05) is 35.0 Å². The molecule has 0 spiro atoms. The first kappa shape index (κ1) is 42.6. The van der Waals surface area contributed by atoms with E-state index in [4.69, 9.17) is 0 Å². The summed E-state index contributed by atoms with van der Waals surface area (Å²) in [5.41, 5.74) is 0.688. The van der Waals surface area contributed by atoms with Crippen LogP contribution in [0.15, 0.2) is 127 Å². The van der Waals surface area contributed by atoms with E-state index in [1.807, 2.05) is 0 Å². The van der Waals surface area contributed by atoms with Crippen molar-refractivity contribution in [3.8, 4) is 11.5 Å². The van der Waals surface area contributed by atoms with Gasteiger partial charge in [-0.2, -0.15) is 0 Å². The molecule has 276 valence electrons. The number of phenolic OH excluding ortho intramolecular Hbond substituents is 2. The van der Waals surface area contributed by atoms with Gasteiger partial charge in [-0.1, -0.05) is 48.5 Å². The number of benzene rings is 6. The molecule has 0 fully saturated rings. The first-order valence-electron chi connectivity index (χ1n) is 15.1. The van der Waals surface area contributed by atoms with Gasteiger partial charge in [-0.25, -0.2) is 16.8 Å². The molecule has 0 atom stereocenters. The number of nitro benzene ring substituents is 2. The van der Waals surface area contributed by atoms with Crippen LogP contribution in [0, 0.1) is 34.1 Å². The predicted octanol–water partition coefficient (Wildman–Crippen LogP) is 7.78. The van der Waals surface area contributed by atoms with Gasteiger partial charge in [-0.15, -0.1) is 20.5 Å². The molecule has 18 nitrogen and oxygen atoms in total. The summed E-state index contributed by atoms with van der Waals surface area (Å²) >= 11 is 0. The van der Waals surface area contributed by atoms with Gasteiger partial charge in [-0.3, -0.25) is 20.2 Å². The number of non-ortho nitro benzene ring substituents is 2. The summed E-state index contributed by atoms with van der Waals surface area (Å²) in [5.74, 6) is -0.768. The van der Waals surface area contributed by atoms with Crippen LogP contribution < -0.4 is 0 Å². The van der Waals surface area contributed by atoms with Crippen molar-refractivity contribution < 1.29 is 46.0 Å². The van der Waals surface area contributed by atoms with Crippen LogP contribution in [0.1, 0.15) is 11.1 Å². The molecule has 0 aliphatic rings. The Morgan fingerprint density at radius 2 is 0.909 bits per heavy atom. The molecule has 0 saturated heterocycles. The summed E-state index contributed by atoms with van der Waals surface area (Å²) in [6, 6.07) is 21.6. The third-order valence-electron chi connectivity index (χ3n) is 7.78. The maximum Gasteiger partial charge on any atom is 2.00 e. The van der Waals surface area contributed by atoms with Gasteiger partial charge in [0.1, 0.15) is 43.1 Å². The van der Waals surface area contributed by atoms with Crippen LogP contribution in [0.5, 0.6) is 11.5 Å². The SMILES string of the molecule is Cc1ccc([N+](=O)[O-])cc1N=Nc1c(O)ccc2cccc(S(=O)(=O)[O-])c12.Cc1ccc([N+](=O)[O-])cc1N=Nc1c(O)ccc2cccc(S(=O)(=O)[O-])c12.[Ba+2]. The van der Waals surface area contributed by atoms with Gasteiger partial charge in [0.15, 0.2) is 0 Å². The van der Waals surface area contributed by atoms with Crippen LogP contribution in [0.25, 0.3) is 21.5 Å². The van der Waals surface area contributed by atoms with E-state index < -0.39 is 39.9 Å². The fraction of sp³-hybridized carbons (Fsp3) is 0.0588. The van der Waals surface area contributed by atoms with E-state index in [1.54, 1.807) is 26.0 Å².